The Bertz CT molecular complexity index is 1080. The van der Waals surface area contributed by atoms with Gasteiger partial charge < -0.3 is 25.7 Å². The summed E-state index contributed by atoms with van der Waals surface area (Å²) in [7, 11) is 0. The van der Waals surface area contributed by atoms with E-state index < -0.39 is 6.10 Å². The fraction of sp³-hybridized carbons (Fsp3) is 0.389. The number of carbonyl (C=O) groups is 1. The Kier molecular flexibility index (Phi) is 5.70. The van der Waals surface area contributed by atoms with Crippen molar-refractivity contribution in [1.29, 1.82) is 0 Å². The Hall–Kier alpha value is -3.35. The lowest BCUT2D eigenvalue weighted by Gasteiger charge is -2.14. The zero-order valence-corrected chi connectivity index (χ0v) is 16.1. The molecule has 1 fully saturated rings. The second-order valence-electron chi connectivity index (χ2n) is 6.75. The van der Waals surface area contributed by atoms with Crippen LogP contribution >= 0.6 is 0 Å². The van der Waals surface area contributed by atoms with E-state index in [0.717, 1.165) is 0 Å². The smallest absolute Gasteiger partial charge is 0.247 e. The number of hydrazone groups is 1. The molecule has 0 amide bonds. The predicted molar refractivity (Wildman–Crippen MR) is 107 cm³/mol. The van der Waals surface area contributed by atoms with Crippen LogP contribution in [0.1, 0.15) is 37.0 Å². The number of carbonyl (C=O) groups excluding carboxylic acids is 1. The molecule has 12 heteroatoms. The topological polar surface area (TPSA) is 180 Å². The molecule has 1 aliphatic heterocycles. The largest absolute Gasteiger partial charge is 0.458 e. The molecule has 3 aromatic heterocycles. The molecule has 4 rings (SSSR count). The van der Waals surface area contributed by atoms with Crippen LogP contribution in [0.2, 0.25) is 0 Å². The number of ketones is 1. The van der Waals surface area contributed by atoms with Gasteiger partial charge in [0.1, 0.15) is 36.0 Å². The van der Waals surface area contributed by atoms with E-state index in [4.69, 9.17) is 25.7 Å². The number of aliphatic hydroxyl groups is 1. The maximum Gasteiger partial charge on any atom is 0.247 e. The van der Waals surface area contributed by atoms with Crippen molar-refractivity contribution >= 4 is 34.9 Å². The highest BCUT2D eigenvalue weighted by molar-refractivity contribution is 5.84. The van der Waals surface area contributed by atoms with Gasteiger partial charge in [0.15, 0.2) is 17.2 Å². The highest BCUT2D eigenvalue weighted by Crippen LogP contribution is 2.32. The quantitative estimate of drug-likeness (QED) is 0.300. The number of aliphatic hydroxyl groups excluding tert-OH is 1. The van der Waals surface area contributed by atoms with Gasteiger partial charge in [0.05, 0.1) is 12.5 Å². The molecular formula is C18H22N8O4. The molecule has 0 spiro atoms. The predicted octanol–water partition coefficient (Wildman–Crippen LogP) is 0.535. The summed E-state index contributed by atoms with van der Waals surface area (Å²) in [5.41, 5.74) is 15.1. The minimum absolute atomic E-state index is 0.00228. The number of hydrogen-bond acceptors (Lipinski definition) is 11. The van der Waals surface area contributed by atoms with Gasteiger partial charge in [-0.25, -0.2) is 10.4 Å². The van der Waals surface area contributed by atoms with Crippen LogP contribution in [0.5, 0.6) is 0 Å². The Morgan fingerprint density at radius 2 is 2.27 bits per heavy atom. The van der Waals surface area contributed by atoms with Crippen LogP contribution in [-0.4, -0.2) is 49.3 Å². The molecule has 1 aliphatic rings. The fourth-order valence-corrected chi connectivity index (χ4v) is 3.27. The molecule has 4 heterocycles. The van der Waals surface area contributed by atoms with E-state index in [2.05, 4.69) is 25.5 Å². The van der Waals surface area contributed by atoms with Gasteiger partial charge in [-0.05, 0) is 31.5 Å². The van der Waals surface area contributed by atoms with Crippen LogP contribution in [0.15, 0.2) is 28.0 Å². The molecule has 3 aromatic rings. The van der Waals surface area contributed by atoms with Crippen molar-refractivity contribution in [2.24, 2.45) is 10.8 Å². The third kappa shape index (κ3) is 4.01. The minimum Gasteiger partial charge on any atom is -0.458 e. The third-order valence-corrected chi connectivity index (χ3v) is 4.70. The Morgan fingerprint density at radius 3 is 3.03 bits per heavy atom. The lowest BCUT2D eigenvalue weighted by Crippen LogP contribution is -2.23. The van der Waals surface area contributed by atoms with Crippen molar-refractivity contribution in [1.82, 2.24) is 19.5 Å². The number of furan rings is 1. The first-order valence-corrected chi connectivity index (χ1v) is 9.46. The van der Waals surface area contributed by atoms with E-state index in [-0.39, 0.29) is 30.4 Å². The number of ether oxygens (including phenoxy) is 1. The Morgan fingerprint density at radius 1 is 1.40 bits per heavy atom. The molecule has 0 saturated carbocycles. The number of Topliss-reactive ketones (excluding diaryl/α,β-unsaturated/α-hetero) is 1. The average molecular weight is 414 g/mol. The van der Waals surface area contributed by atoms with E-state index in [1.165, 1.54) is 6.21 Å². The number of rotatable bonds is 8. The number of fused-ring (bicyclic) bond motifs is 1. The molecule has 6 N–H and O–H groups in total. The van der Waals surface area contributed by atoms with Crippen LogP contribution < -0.4 is 16.9 Å². The maximum atomic E-state index is 12.1. The van der Waals surface area contributed by atoms with Gasteiger partial charge >= 0.3 is 0 Å². The van der Waals surface area contributed by atoms with Crippen molar-refractivity contribution in [2.45, 2.75) is 38.2 Å². The first kappa shape index (κ1) is 19.9. The molecule has 30 heavy (non-hydrogen) atoms. The number of nitrogen functional groups attached to an aromatic ring is 1. The summed E-state index contributed by atoms with van der Waals surface area (Å²) in [4.78, 5) is 24.9. The lowest BCUT2D eigenvalue weighted by atomic mass is 10.1. The van der Waals surface area contributed by atoms with E-state index in [1.54, 1.807) is 23.0 Å². The summed E-state index contributed by atoms with van der Waals surface area (Å²) in [5, 5.41) is 13.1. The minimum atomic E-state index is -0.477. The molecule has 2 atom stereocenters. The van der Waals surface area contributed by atoms with Gasteiger partial charge in [-0.15, -0.1) is 0 Å². The van der Waals surface area contributed by atoms with Crippen molar-refractivity contribution in [3.63, 3.8) is 0 Å². The highest BCUT2D eigenvalue weighted by atomic mass is 16.5. The molecule has 1 saturated heterocycles. The summed E-state index contributed by atoms with van der Waals surface area (Å²) in [6, 6.07) is 3.32. The van der Waals surface area contributed by atoms with Gasteiger partial charge in [0.25, 0.3) is 0 Å². The zero-order chi connectivity index (χ0) is 21.1. The summed E-state index contributed by atoms with van der Waals surface area (Å²) in [6.07, 6.45) is 3.68. The van der Waals surface area contributed by atoms with Gasteiger partial charge in [-0.1, -0.05) is 0 Å². The number of nitrogens with two attached hydrogens (primary N) is 2. The number of nitrogens with one attached hydrogen (secondary N) is 1. The molecule has 0 radical (unpaired) electrons. The van der Waals surface area contributed by atoms with E-state index in [1.807, 2.05) is 0 Å². The van der Waals surface area contributed by atoms with Gasteiger partial charge in [0, 0.05) is 6.42 Å². The Balaban J connectivity index is 1.52. The van der Waals surface area contributed by atoms with Crippen LogP contribution in [-0.2, 0) is 16.1 Å². The van der Waals surface area contributed by atoms with Gasteiger partial charge in [-0.3, -0.25) is 9.36 Å². The first-order chi connectivity index (χ1) is 14.6. The van der Waals surface area contributed by atoms with Gasteiger partial charge in [-0.2, -0.15) is 15.1 Å². The van der Waals surface area contributed by atoms with Crippen LogP contribution in [0.3, 0.4) is 0 Å². The summed E-state index contributed by atoms with van der Waals surface area (Å²) < 4.78 is 12.9. The van der Waals surface area contributed by atoms with Crippen LogP contribution in [0.25, 0.3) is 11.2 Å². The standard InChI is InChI=1S/C18H22N8O4/c19-6-5-12(28)13-3-4-14(30-13)26-9-21-15-16(20)23-18(24-17(15)26)25-22-7-10-1-2-11(8-27)29-10/h1-2,7,9,13-14,27H,3-6,8,19H2,(H3,20,23,24,25)/b22-7+/t13-,14+/m0/s1. The Labute approximate surface area is 170 Å². The molecule has 0 bridgehead atoms. The van der Waals surface area contributed by atoms with E-state index in [0.29, 0.717) is 48.5 Å². The van der Waals surface area contributed by atoms with E-state index in [9.17, 15) is 4.79 Å². The molecule has 158 valence electrons. The number of imidazole rings is 1. The molecule has 0 unspecified atom stereocenters. The average Bonchev–Trinajstić information content (AvgIpc) is 3.47. The monoisotopic (exact) mass is 414 g/mol. The number of aromatic nitrogens is 4. The molecular weight excluding hydrogens is 392 g/mol. The SMILES string of the molecule is NCCC(=O)[C@@H]1CC[C@H](n2cnc3c(N)nc(N/N=C/c4ccc(CO)o4)nc32)O1. The normalized spacial score (nSPS) is 19.1. The summed E-state index contributed by atoms with van der Waals surface area (Å²) in [5.74, 6) is 1.24. The van der Waals surface area contributed by atoms with Gasteiger partial charge in [0.2, 0.25) is 5.95 Å². The second kappa shape index (κ2) is 8.57. The lowest BCUT2D eigenvalue weighted by molar-refractivity contribution is -0.131. The van der Waals surface area contributed by atoms with E-state index >= 15 is 0 Å². The highest BCUT2D eigenvalue weighted by Gasteiger charge is 2.32. The molecule has 0 aliphatic carbocycles. The van der Waals surface area contributed by atoms with Crippen molar-refractivity contribution in [3.8, 4) is 0 Å². The van der Waals surface area contributed by atoms with Crippen LogP contribution in [0, 0.1) is 0 Å². The molecule has 12 nitrogen and oxygen atoms in total. The summed E-state index contributed by atoms with van der Waals surface area (Å²) in [6.45, 7) is 0.111. The summed E-state index contributed by atoms with van der Waals surface area (Å²) >= 11 is 0. The van der Waals surface area contributed by atoms with Crippen molar-refractivity contribution in [3.05, 3.63) is 30.0 Å². The zero-order valence-electron chi connectivity index (χ0n) is 16.1. The van der Waals surface area contributed by atoms with Crippen molar-refractivity contribution in [2.75, 3.05) is 17.7 Å². The number of hydrogen-bond donors (Lipinski definition) is 4. The first-order valence-electron chi connectivity index (χ1n) is 9.46. The maximum absolute atomic E-state index is 12.1. The number of anilines is 2. The van der Waals surface area contributed by atoms with Crippen LogP contribution in [0.4, 0.5) is 11.8 Å². The van der Waals surface area contributed by atoms with Crippen molar-refractivity contribution < 1.29 is 19.1 Å². The molecule has 0 aromatic carbocycles. The number of nitrogens with zero attached hydrogens (tertiary/aromatic N) is 5. The second-order valence-corrected chi connectivity index (χ2v) is 6.75. The fourth-order valence-electron chi connectivity index (χ4n) is 3.27. The third-order valence-electron chi connectivity index (χ3n) is 4.70.